The van der Waals surface area contributed by atoms with Crippen LogP contribution in [0, 0.1) is 5.92 Å². The molecule has 1 aliphatic carbocycles. The third-order valence-electron chi connectivity index (χ3n) is 4.62. The molecule has 3 nitrogen and oxygen atoms in total. The minimum Gasteiger partial charge on any atom is -0.399 e. The van der Waals surface area contributed by atoms with E-state index in [-0.39, 0.29) is 0 Å². The number of nitrogens with two attached hydrogens (primary N) is 1. The van der Waals surface area contributed by atoms with Gasteiger partial charge in [0.05, 0.1) is 0 Å². The second kappa shape index (κ2) is 5.83. The number of hydrogen-bond acceptors (Lipinski definition) is 3. The van der Waals surface area contributed by atoms with E-state index < -0.39 is 0 Å². The standard InChI is InChI=1S/C16H25N3/c17-15-5-7-16(8-6-15)19-11-9-18(10-12-19)13-14-3-1-2-4-14/h5-8,14H,1-4,9-13,17H2. The smallest absolute Gasteiger partial charge is 0.0368 e. The summed E-state index contributed by atoms with van der Waals surface area (Å²) in [6.45, 7) is 6.05. The van der Waals surface area contributed by atoms with E-state index in [1.54, 1.807) is 0 Å². The van der Waals surface area contributed by atoms with Crippen LogP contribution >= 0.6 is 0 Å². The van der Waals surface area contributed by atoms with Crippen molar-refractivity contribution in [1.82, 2.24) is 4.90 Å². The number of nitrogens with zero attached hydrogens (tertiary/aromatic N) is 2. The van der Waals surface area contributed by atoms with Crippen molar-refractivity contribution in [3.8, 4) is 0 Å². The molecule has 0 radical (unpaired) electrons. The van der Waals surface area contributed by atoms with E-state index in [2.05, 4.69) is 21.9 Å². The van der Waals surface area contributed by atoms with E-state index in [0.717, 1.165) is 24.7 Å². The first-order chi connectivity index (χ1) is 9.31. The molecule has 0 aromatic heterocycles. The lowest BCUT2D eigenvalue weighted by Gasteiger charge is -2.37. The van der Waals surface area contributed by atoms with E-state index in [9.17, 15) is 0 Å². The maximum Gasteiger partial charge on any atom is 0.0368 e. The quantitative estimate of drug-likeness (QED) is 0.847. The lowest BCUT2D eigenvalue weighted by Crippen LogP contribution is -2.47. The fourth-order valence-corrected chi connectivity index (χ4v) is 3.43. The van der Waals surface area contributed by atoms with Crippen LogP contribution in [0.1, 0.15) is 25.7 Å². The minimum absolute atomic E-state index is 0.851. The van der Waals surface area contributed by atoms with Gasteiger partial charge in [-0.3, -0.25) is 4.90 Å². The molecule has 0 bridgehead atoms. The van der Waals surface area contributed by atoms with Crippen molar-refractivity contribution in [3.63, 3.8) is 0 Å². The van der Waals surface area contributed by atoms with Gasteiger partial charge in [0.1, 0.15) is 0 Å². The maximum atomic E-state index is 5.74. The van der Waals surface area contributed by atoms with Crippen molar-refractivity contribution in [2.24, 2.45) is 5.92 Å². The van der Waals surface area contributed by atoms with Crippen LogP contribution in [0.3, 0.4) is 0 Å². The zero-order valence-electron chi connectivity index (χ0n) is 11.7. The van der Waals surface area contributed by atoms with Gasteiger partial charge in [0.15, 0.2) is 0 Å². The Morgan fingerprint density at radius 1 is 0.947 bits per heavy atom. The Hall–Kier alpha value is -1.22. The van der Waals surface area contributed by atoms with Gasteiger partial charge in [0.2, 0.25) is 0 Å². The van der Waals surface area contributed by atoms with Gasteiger partial charge in [-0.25, -0.2) is 0 Å². The maximum absolute atomic E-state index is 5.74. The molecule has 2 fully saturated rings. The fraction of sp³-hybridized carbons (Fsp3) is 0.625. The number of benzene rings is 1. The van der Waals surface area contributed by atoms with Gasteiger partial charge in [-0.15, -0.1) is 0 Å². The van der Waals surface area contributed by atoms with Crippen LogP contribution in [-0.4, -0.2) is 37.6 Å². The van der Waals surface area contributed by atoms with Gasteiger partial charge in [-0.1, -0.05) is 12.8 Å². The van der Waals surface area contributed by atoms with Gasteiger partial charge < -0.3 is 10.6 Å². The van der Waals surface area contributed by atoms with Gasteiger partial charge >= 0.3 is 0 Å². The molecule has 1 saturated carbocycles. The zero-order valence-corrected chi connectivity index (χ0v) is 11.7. The summed E-state index contributed by atoms with van der Waals surface area (Å²) in [6, 6.07) is 8.28. The van der Waals surface area contributed by atoms with Gasteiger partial charge in [-0.2, -0.15) is 0 Å². The van der Waals surface area contributed by atoms with E-state index in [1.807, 2.05) is 12.1 Å². The molecule has 1 saturated heterocycles. The van der Waals surface area contributed by atoms with Crippen LogP contribution < -0.4 is 10.6 Å². The molecule has 0 atom stereocenters. The first-order valence-corrected chi connectivity index (χ1v) is 7.64. The summed E-state index contributed by atoms with van der Waals surface area (Å²) in [5.74, 6) is 0.975. The highest BCUT2D eigenvalue weighted by Crippen LogP contribution is 2.26. The average Bonchev–Trinajstić information content (AvgIpc) is 2.94. The summed E-state index contributed by atoms with van der Waals surface area (Å²) < 4.78 is 0. The van der Waals surface area contributed by atoms with E-state index in [1.165, 1.54) is 51.0 Å². The first kappa shape index (κ1) is 12.8. The van der Waals surface area contributed by atoms with Crippen molar-refractivity contribution in [2.45, 2.75) is 25.7 Å². The molecule has 3 heteroatoms. The third-order valence-corrected chi connectivity index (χ3v) is 4.62. The lowest BCUT2D eigenvalue weighted by molar-refractivity contribution is 0.220. The summed E-state index contributed by atoms with van der Waals surface area (Å²) >= 11 is 0. The lowest BCUT2D eigenvalue weighted by atomic mass is 10.1. The predicted molar refractivity (Wildman–Crippen MR) is 81.5 cm³/mol. The SMILES string of the molecule is Nc1ccc(N2CCN(CC3CCCC3)CC2)cc1. The van der Waals surface area contributed by atoms with Gasteiger partial charge in [0.25, 0.3) is 0 Å². The van der Waals surface area contributed by atoms with Gasteiger partial charge in [-0.05, 0) is 43.0 Å². The molecule has 1 aliphatic heterocycles. The van der Waals surface area contributed by atoms with Crippen molar-refractivity contribution in [3.05, 3.63) is 24.3 Å². The third kappa shape index (κ3) is 3.21. The van der Waals surface area contributed by atoms with Crippen LogP contribution in [0.15, 0.2) is 24.3 Å². The Balaban J connectivity index is 1.50. The Labute approximate surface area is 116 Å². The molecule has 0 unspecified atom stereocenters. The van der Waals surface area contributed by atoms with Crippen LogP contribution in [0.2, 0.25) is 0 Å². The summed E-state index contributed by atoms with van der Waals surface area (Å²) in [5.41, 5.74) is 7.91. The van der Waals surface area contributed by atoms with Gasteiger partial charge in [0, 0.05) is 44.1 Å². The Bertz CT molecular complexity index is 387. The molecule has 0 amide bonds. The Morgan fingerprint density at radius 2 is 1.58 bits per heavy atom. The average molecular weight is 259 g/mol. The molecular weight excluding hydrogens is 234 g/mol. The predicted octanol–water partition coefficient (Wildman–Crippen LogP) is 2.58. The van der Waals surface area contributed by atoms with Crippen LogP contribution in [0.25, 0.3) is 0 Å². The molecule has 19 heavy (non-hydrogen) atoms. The topological polar surface area (TPSA) is 32.5 Å². The number of piperazine rings is 1. The second-order valence-electron chi connectivity index (χ2n) is 6.03. The Morgan fingerprint density at radius 3 is 2.21 bits per heavy atom. The highest BCUT2D eigenvalue weighted by molar-refractivity contribution is 5.53. The van der Waals surface area contributed by atoms with Crippen LogP contribution in [0.5, 0.6) is 0 Å². The molecule has 104 valence electrons. The van der Waals surface area contributed by atoms with Crippen molar-refractivity contribution in [1.29, 1.82) is 0 Å². The molecule has 0 spiro atoms. The fourth-order valence-electron chi connectivity index (χ4n) is 3.43. The second-order valence-corrected chi connectivity index (χ2v) is 6.03. The number of hydrogen-bond donors (Lipinski definition) is 1. The largest absolute Gasteiger partial charge is 0.399 e. The van der Waals surface area contributed by atoms with Crippen molar-refractivity contribution in [2.75, 3.05) is 43.4 Å². The number of anilines is 2. The summed E-state index contributed by atoms with van der Waals surface area (Å²) in [5, 5.41) is 0. The minimum atomic E-state index is 0.851. The summed E-state index contributed by atoms with van der Waals surface area (Å²) in [7, 11) is 0. The molecule has 1 heterocycles. The number of nitrogen functional groups attached to an aromatic ring is 1. The summed E-state index contributed by atoms with van der Waals surface area (Å²) in [4.78, 5) is 5.13. The van der Waals surface area contributed by atoms with Crippen molar-refractivity contribution < 1.29 is 0 Å². The molecule has 2 N–H and O–H groups in total. The monoisotopic (exact) mass is 259 g/mol. The molecule has 1 aromatic rings. The highest BCUT2D eigenvalue weighted by Gasteiger charge is 2.22. The zero-order chi connectivity index (χ0) is 13.1. The van der Waals surface area contributed by atoms with E-state index in [0.29, 0.717) is 0 Å². The van der Waals surface area contributed by atoms with E-state index in [4.69, 9.17) is 5.73 Å². The van der Waals surface area contributed by atoms with Crippen LogP contribution in [-0.2, 0) is 0 Å². The molecule has 3 rings (SSSR count). The normalized spacial score (nSPS) is 22.0. The van der Waals surface area contributed by atoms with Crippen molar-refractivity contribution >= 4 is 11.4 Å². The molecule has 1 aromatic carbocycles. The Kier molecular flexibility index (Phi) is 3.92. The van der Waals surface area contributed by atoms with Crippen LogP contribution in [0.4, 0.5) is 11.4 Å². The van der Waals surface area contributed by atoms with E-state index >= 15 is 0 Å². The molecular formula is C16H25N3. The highest BCUT2D eigenvalue weighted by atomic mass is 15.3. The molecule has 2 aliphatic rings. The summed E-state index contributed by atoms with van der Waals surface area (Å²) in [6.07, 6.45) is 5.82. The first-order valence-electron chi connectivity index (χ1n) is 7.64. The number of rotatable bonds is 3.